The lowest BCUT2D eigenvalue weighted by Gasteiger charge is -2.31. The number of nitrogens with zero attached hydrogens (tertiary/aromatic N) is 1. The summed E-state index contributed by atoms with van der Waals surface area (Å²) in [5.41, 5.74) is 9.64. The molecule has 5 heteroatoms. The molecule has 3 aromatic carbocycles. The number of ether oxygens (including phenoxy) is 3. The molecule has 41 heavy (non-hydrogen) atoms. The average Bonchev–Trinajstić information content (AvgIpc) is 3.14. The minimum absolute atomic E-state index is 0.203. The first-order chi connectivity index (χ1) is 20.0. The van der Waals surface area contributed by atoms with Crippen molar-refractivity contribution in [3.8, 4) is 5.75 Å². The van der Waals surface area contributed by atoms with Crippen LogP contribution in [-0.4, -0.2) is 50.4 Å². The summed E-state index contributed by atoms with van der Waals surface area (Å²) in [6, 6.07) is 22.4. The number of hydrogen-bond donors (Lipinski definition) is 0. The Hall–Kier alpha value is -3.15. The third-order valence-electron chi connectivity index (χ3n) is 8.03. The maximum absolute atomic E-state index is 12.2. The fraction of sp³-hybridized carbons (Fsp3) is 0.472. The van der Waals surface area contributed by atoms with Crippen LogP contribution in [0, 0.1) is 0 Å². The number of likely N-dealkylation sites (N-methyl/N-ethyl adjacent to an activating group) is 1. The topological polar surface area (TPSA) is 48.0 Å². The predicted octanol–water partition coefficient (Wildman–Crippen LogP) is 6.91. The summed E-state index contributed by atoms with van der Waals surface area (Å²) in [5, 5.41) is 0. The van der Waals surface area contributed by atoms with Crippen molar-refractivity contribution in [1.29, 1.82) is 0 Å². The number of carbonyl (C=O) groups is 1. The van der Waals surface area contributed by atoms with Gasteiger partial charge in [0.15, 0.2) is 6.10 Å². The van der Waals surface area contributed by atoms with Crippen LogP contribution in [0.2, 0.25) is 0 Å². The molecule has 0 heterocycles. The smallest absolute Gasteiger partial charge is 0.335 e. The van der Waals surface area contributed by atoms with Gasteiger partial charge in [0.2, 0.25) is 0 Å². The molecule has 1 aliphatic carbocycles. The van der Waals surface area contributed by atoms with E-state index in [1.54, 1.807) is 0 Å². The Labute approximate surface area is 246 Å². The van der Waals surface area contributed by atoms with Crippen LogP contribution >= 0.6 is 0 Å². The van der Waals surface area contributed by atoms with E-state index >= 15 is 0 Å². The first-order valence-corrected chi connectivity index (χ1v) is 15.4. The van der Waals surface area contributed by atoms with Crippen LogP contribution in [0.3, 0.4) is 0 Å². The summed E-state index contributed by atoms with van der Waals surface area (Å²) < 4.78 is 17.0. The van der Waals surface area contributed by atoms with E-state index in [1.807, 2.05) is 38.1 Å². The Balaban J connectivity index is 1.45. The van der Waals surface area contributed by atoms with Gasteiger partial charge in [-0.25, -0.2) is 4.79 Å². The van der Waals surface area contributed by atoms with Gasteiger partial charge in [0, 0.05) is 19.6 Å². The molecule has 0 radical (unpaired) electrons. The molecule has 2 atom stereocenters. The van der Waals surface area contributed by atoms with Crippen molar-refractivity contribution in [3.63, 3.8) is 0 Å². The van der Waals surface area contributed by atoms with Crippen molar-refractivity contribution in [2.24, 2.45) is 0 Å². The van der Waals surface area contributed by atoms with Crippen molar-refractivity contribution < 1.29 is 19.0 Å². The van der Waals surface area contributed by atoms with Gasteiger partial charge in [0.1, 0.15) is 12.4 Å². The van der Waals surface area contributed by atoms with E-state index < -0.39 is 6.10 Å². The van der Waals surface area contributed by atoms with E-state index in [1.165, 1.54) is 39.8 Å². The molecule has 0 saturated heterocycles. The lowest BCUT2D eigenvalue weighted by atomic mass is 9.90. The molecule has 3 aromatic rings. The Kier molecular flexibility index (Phi) is 11.4. The third-order valence-corrected chi connectivity index (χ3v) is 8.03. The zero-order valence-electron chi connectivity index (χ0n) is 25.6. The second-order valence-electron chi connectivity index (χ2n) is 10.9. The van der Waals surface area contributed by atoms with Gasteiger partial charge < -0.3 is 14.2 Å². The van der Waals surface area contributed by atoms with Crippen LogP contribution in [0.5, 0.6) is 5.75 Å². The quantitative estimate of drug-likeness (QED) is 0.202. The SMILES string of the molecule is CCCc1ccc2c(c1)CCc1ccc(CC)cc1C2N(C)CCOc1ccc(CC(OCC)C(=O)OCC)cc1. The van der Waals surface area contributed by atoms with Crippen LogP contribution in [0.4, 0.5) is 0 Å². The number of fused-ring (bicyclic) bond motifs is 2. The van der Waals surface area contributed by atoms with E-state index in [-0.39, 0.29) is 12.0 Å². The van der Waals surface area contributed by atoms with Crippen molar-refractivity contribution >= 4 is 5.97 Å². The predicted molar refractivity (Wildman–Crippen MR) is 166 cm³/mol. The van der Waals surface area contributed by atoms with Crippen molar-refractivity contribution in [2.45, 2.75) is 78.4 Å². The summed E-state index contributed by atoms with van der Waals surface area (Å²) >= 11 is 0. The van der Waals surface area contributed by atoms with Crippen LogP contribution in [0.25, 0.3) is 0 Å². The second kappa shape index (κ2) is 15.2. The molecule has 0 saturated carbocycles. The number of hydrogen-bond acceptors (Lipinski definition) is 5. The molecule has 0 bridgehead atoms. The van der Waals surface area contributed by atoms with Gasteiger partial charge in [-0.15, -0.1) is 0 Å². The minimum atomic E-state index is -0.586. The molecule has 0 aliphatic heterocycles. The minimum Gasteiger partial charge on any atom is -0.492 e. The highest BCUT2D eigenvalue weighted by Crippen LogP contribution is 2.37. The zero-order chi connectivity index (χ0) is 29.2. The van der Waals surface area contributed by atoms with E-state index in [0.29, 0.717) is 26.2 Å². The number of benzene rings is 3. The summed E-state index contributed by atoms with van der Waals surface area (Å²) in [6.07, 6.45) is 5.39. The molecular formula is C36H47NO4. The molecule has 0 N–H and O–H groups in total. The first kappa shape index (κ1) is 30.8. The van der Waals surface area contributed by atoms with E-state index in [9.17, 15) is 4.79 Å². The van der Waals surface area contributed by atoms with E-state index in [4.69, 9.17) is 14.2 Å². The number of aryl methyl sites for hydroxylation is 4. The second-order valence-corrected chi connectivity index (χ2v) is 10.9. The van der Waals surface area contributed by atoms with Gasteiger partial charge in [-0.05, 0) is 97.7 Å². The maximum Gasteiger partial charge on any atom is 0.335 e. The third kappa shape index (κ3) is 7.99. The fourth-order valence-electron chi connectivity index (χ4n) is 5.86. The highest BCUT2D eigenvalue weighted by molar-refractivity contribution is 5.75. The maximum atomic E-state index is 12.2. The fourth-order valence-corrected chi connectivity index (χ4v) is 5.86. The Morgan fingerprint density at radius 3 is 2.29 bits per heavy atom. The first-order valence-electron chi connectivity index (χ1n) is 15.4. The highest BCUT2D eigenvalue weighted by Gasteiger charge is 2.27. The largest absolute Gasteiger partial charge is 0.492 e. The Morgan fingerprint density at radius 1 is 0.854 bits per heavy atom. The van der Waals surface area contributed by atoms with Gasteiger partial charge >= 0.3 is 5.97 Å². The summed E-state index contributed by atoms with van der Waals surface area (Å²) in [4.78, 5) is 14.7. The molecule has 5 nitrogen and oxygen atoms in total. The summed E-state index contributed by atoms with van der Waals surface area (Å²) in [6.45, 7) is 10.4. The van der Waals surface area contributed by atoms with Gasteiger partial charge in [-0.1, -0.05) is 68.8 Å². The zero-order valence-corrected chi connectivity index (χ0v) is 25.6. The molecule has 2 unspecified atom stereocenters. The Morgan fingerprint density at radius 2 is 1.59 bits per heavy atom. The molecule has 0 amide bonds. The van der Waals surface area contributed by atoms with Gasteiger partial charge in [-0.3, -0.25) is 4.90 Å². The number of rotatable bonds is 14. The van der Waals surface area contributed by atoms with E-state index in [0.717, 1.165) is 43.5 Å². The molecule has 0 spiro atoms. The Bertz CT molecular complexity index is 1270. The summed E-state index contributed by atoms with van der Waals surface area (Å²) in [7, 11) is 2.22. The van der Waals surface area contributed by atoms with Gasteiger partial charge in [0.05, 0.1) is 12.6 Å². The number of esters is 1. The van der Waals surface area contributed by atoms with E-state index in [2.05, 4.69) is 62.2 Å². The van der Waals surface area contributed by atoms with Crippen molar-refractivity contribution in [1.82, 2.24) is 4.90 Å². The van der Waals surface area contributed by atoms with Crippen molar-refractivity contribution in [3.05, 3.63) is 99.6 Å². The lowest BCUT2D eigenvalue weighted by Crippen LogP contribution is -2.30. The van der Waals surface area contributed by atoms with Gasteiger partial charge in [-0.2, -0.15) is 0 Å². The highest BCUT2D eigenvalue weighted by atomic mass is 16.6. The standard InChI is InChI=1S/C36H47NO4/c1-6-10-27-14-20-32-30(23-27)17-16-29-15-11-26(7-2)24-33(29)35(32)37(5)21-22-41-31-18-12-28(13-19-31)25-34(39-8-3)36(38)40-9-4/h11-15,18-20,23-24,34-35H,6-10,16-17,21-22,25H2,1-5H3. The molecule has 1 aliphatic rings. The van der Waals surface area contributed by atoms with Crippen LogP contribution in [-0.2, 0) is 46.4 Å². The van der Waals surface area contributed by atoms with Crippen LogP contribution in [0.15, 0.2) is 60.7 Å². The normalized spacial score (nSPS) is 15.1. The molecule has 0 aromatic heterocycles. The lowest BCUT2D eigenvalue weighted by molar-refractivity contribution is -0.156. The molecule has 0 fully saturated rings. The van der Waals surface area contributed by atoms with Crippen molar-refractivity contribution in [2.75, 3.05) is 33.4 Å². The monoisotopic (exact) mass is 557 g/mol. The molecule has 4 rings (SSSR count). The van der Waals surface area contributed by atoms with Gasteiger partial charge in [0.25, 0.3) is 0 Å². The summed E-state index contributed by atoms with van der Waals surface area (Å²) in [5.74, 6) is 0.511. The van der Waals surface area contributed by atoms with Crippen LogP contribution < -0.4 is 4.74 Å². The average molecular weight is 558 g/mol. The molecule has 220 valence electrons. The molecular weight excluding hydrogens is 510 g/mol. The number of carbonyl (C=O) groups excluding carboxylic acids is 1. The van der Waals surface area contributed by atoms with Crippen LogP contribution in [0.1, 0.15) is 79.1 Å².